The number of hydrogen-bond acceptors (Lipinski definition) is 3. The summed E-state index contributed by atoms with van der Waals surface area (Å²) in [6.45, 7) is 7.84. The van der Waals surface area contributed by atoms with Crippen molar-refractivity contribution in [1.82, 2.24) is 14.9 Å². The van der Waals surface area contributed by atoms with E-state index in [1.165, 1.54) is 5.56 Å². The monoisotopic (exact) mass is 386 g/mol. The average molecular weight is 387 g/mol. The maximum absolute atomic E-state index is 11.8. The van der Waals surface area contributed by atoms with Crippen LogP contribution in [0, 0.1) is 0 Å². The molecule has 0 saturated heterocycles. The highest BCUT2D eigenvalue weighted by atomic mass is 19.0. The van der Waals surface area contributed by atoms with Gasteiger partial charge in [0, 0.05) is 28.3 Å². The Kier molecular flexibility index (Phi) is 9.75. The Labute approximate surface area is 168 Å². The van der Waals surface area contributed by atoms with Crippen LogP contribution in [0.25, 0.3) is 5.52 Å². The smallest absolute Gasteiger partial charge is 0.254 e. The van der Waals surface area contributed by atoms with Gasteiger partial charge in [-0.2, -0.15) is 5.10 Å². The molecule has 1 aromatic carbocycles. The molecule has 0 aliphatic carbocycles. The summed E-state index contributed by atoms with van der Waals surface area (Å²) in [5.74, 6) is -0.134. The number of amides is 1. The molecule has 6 heteroatoms. The van der Waals surface area contributed by atoms with Crippen molar-refractivity contribution in [2.24, 2.45) is 0 Å². The van der Waals surface area contributed by atoms with Crippen LogP contribution >= 0.6 is 0 Å². The van der Waals surface area contributed by atoms with Crippen LogP contribution in [-0.4, -0.2) is 22.6 Å². The SMILES string of the molecule is C=CCCC=C.CNC(=O)c1cnn2ccc(NCc3ccccc3)cc12.F.[HH].[HH]. The minimum absolute atomic E-state index is 0. The number of hydrogen-bond donors (Lipinski definition) is 2. The second kappa shape index (κ2) is 12.1. The lowest BCUT2D eigenvalue weighted by Crippen LogP contribution is -2.17. The lowest BCUT2D eigenvalue weighted by molar-refractivity contribution is 0.0964. The molecule has 0 bridgehead atoms. The number of aromatic nitrogens is 2. The summed E-state index contributed by atoms with van der Waals surface area (Å²) in [5.41, 5.74) is 3.52. The highest BCUT2D eigenvalue weighted by Crippen LogP contribution is 2.17. The first-order valence-electron chi connectivity index (χ1n) is 8.88. The summed E-state index contributed by atoms with van der Waals surface area (Å²) in [6.07, 6.45) is 9.32. The Bertz CT molecular complexity index is 893. The van der Waals surface area contributed by atoms with Crippen LogP contribution in [0.5, 0.6) is 0 Å². The van der Waals surface area contributed by atoms with Crippen molar-refractivity contribution in [3.8, 4) is 0 Å². The molecule has 0 atom stereocenters. The molecule has 3 rings (SSSR count). The van der Waals surface area contributed by atoms with Gasteiger partial charge in [-0.05, 0) is 30.5 Å². The van der Waals surface area contributed by atoms with Crippen LogP contribution in [0.1, 0.15) is 31.6 Å². The van der Waals surface area contributed by atoms with Crippen molar-refractivity contribution in [3.63, 3.8) is 0 Å². The summed E-state index contributed by atoms with van der Waals surface area (Å²) in [5, 5.41) is 10.2. The van der Waals surface area contributed by atoms with E-state index in [-0.39, 0.29) is 13.5 Å². The van der Waals surface area contributed by atoms with Crippen LogP contribution in [0.15, 0.2) is 80.2 Å². The minimum Gasteiger partial charge on any atom is -0.381 e. The van der Waals surface area contributed by atoms with Crippen molar-refractivity contribution < 1.29 is 12.4 Å². The third-order valence-electron chi connectivity index (χ3n) is 3.91. The van der Waals surface area contributed by atoms with Crippen LogP contribution in [0.4, 0.5) is 10.4 Å². The van der Waals surface area contributed by atoms with Gasteiger partial charge in [-0.15, -0.1) is 13.2 Å². The van der Waals surface area contributed by atoms with Crippen LogP contribution in [-0.2, 0) is 6.54 Å². The molecule has 1 amide bonds. The molecule has 28 heavy (non-hydrogen) atoms. The van der Waals surface area contributed by atoms with E-state index in [4.69, 9.17) is 0 Å². The molecular formula is C22H31FN4O. The number of pyridine rings is 1. The first-order chi connectivity index (χ1) is 13.2. The van der Waals surface area contributed by atoms with Gasteiger partial charge in [0.2, 0.25) is 0 Å². The Morgan fingerprint density at radius 1 is 1.18 bits per heavy atom. The fraction of sp³-hybridized carbons (Fsp3) is 0.182. The maximum Gasteiger partial charge on any atom is 0.254 e. The van der Waals surface area contributed by atoms with Crippen LogP contribution < -0.4 is 10.6 Å². The molecular weight excluding hydrogens is 355 g/mol. The predicted octanol–water partition coefficient (Wildman–Crippen LogP) is 5.09. The third-order valence-corrected chi connectivity index (χ3v) is 3.91. The predicted molar refractivity (Wildman–Crippen MR) is 119 cm³/mol. The number of nitrogens with one attached hydrogen (secondary N) is 2. The number of halogens is 1. The van der Waals surface area contributed by atoms with Crippen molar-refractivity contribution in [1.29, 1.82) is 0 Å². The number of carbonyl (C=O) groups is 1. The van der Waals surface area contributed by atoms with Gasteiger partial charge in [0.1, 0.15) is 0 Å². The normalized spacial score (nSPS) is 9.46. The number of fused-ring (bicyclic) bond motifs is 1. The van der Waals surface area contributed by atoms with E-state index in [9.17, 15) is 4.79 Å². The summed E-state index contributed by atoms with van der Waals surface area (Å²) in [7, 11) is 1.61. The number of nitrogens with zero attached hydrogens (tertiary/aromatic N) is 2. The molecule has 2 N–H and O–H groups in total. The highest BCUT2D eigenvalue weighted by Gasteiger charge is 2.11. The molecule has 0 spiro atoms. The second-order valence-corrected chi connectivity index (χ2v) is 5.88. The lowest BCUT2D eigenvalue weighted by Gasteiger charge is -2.07. The Morgan fingerprint density at radius 2 is 1.86 bits per heavy atom. The lowest BCUT2D eigenvalue weighted by atomic mass is 10.2. The minimum atomic E-state index is -0.134. The number of carbonyl (C=O) groups excluding carboxylic acids is 1. The molecule has 5 nitrogen and oxygen atoms in total. The molecule has 152 valence electrons. The maximum atomic E-state index is 11.8. The first kappa shape index (κ1) is 22.6. The molecule has 0 unspecified atom stereocenters. The zero-order valence-electron chi connectivity index (χ0n) is 16.1. The molecule has 0 saturated carbocycles. The first-order valence-corrected chi connectivity index (χ1v) is 8.88. The van der Waals surface area contributed by atoms with Gasteiger partial charge >= 0.3 is 0 Å². The zero-order chi connectivity index (χ0) is 19.5. The van der Waals surface area contributed by atoms with Gasteiger partial charge in [0.15, 0.2) is 0 Å². The number of unbranched alkanes of at least 4 members (excludes halogenated alkanes) is 1. The Balaban J connectivity index is 0. The molecule has 2 heterocycles. The van der Waals surface area contributed by atoms with Crippen LogP contribution in [0.3, 0.4) is 0 Å². The van der Waals surface area contributed by atoms with Gasteiger partial charge in [-0.3, -0.25) is 9.50 Å². The highest BCUT2D eigenvalue weighted by molar-refractivity contribution is 6.00. The van der Waals surface area contributed by atoms with Gasteiger partial charge in [0.25, 0.3) is 5.91 Å². The van der Waals surface area contributed by atoms with Crippen molar-refractivity contribution in [2.45, 2.75) is 19.4 Å². The largest absolute Gasteiger partial charge is 0.381 e. The van der Waals surface area contributed by atoms with E-state index in [0.29, 0.717) is 5.56 Å². The topological polar surface area (TPSA) is 58.4 Å². The van der Waals surface area contributed by atoms with E-state index in [1.807, 2.05) is 48.7 Å². The van der Waals surface area contributed by atoms with Gasteiger partial charge in [-0.1, -0.05) is 42.5 Å². The van der Waals surface area contributed by atoms with Gasteiger partial charge < -0.3 is 10.6 Å². The van der Waals surface area contributed by atoms with E-state index >= 15 is 0 Å². The summed E-state index contributed by atoms with van der Waals surface area (Å²) in [4.78, 5) is 11.8. The number of allylic oxidation sites excluding steroid dienone is 2. The standard InChI is InChI=1S/C16H16N4O.C6H10.FH.2H2/c1-17-16(21)14-11-19-20-8-7-13(9-15(14)20)18-10-12-5-3-2-4-6-12;1-3-5-6-4-2;;;/h2-9,11,18H,10H2,1H3,(H,17,21);3-4H,1-2,5-6H2;3*1H. The number of anilines is 1. The Hall–Kier alpha value is -3.41. The zero-order valence-corrected chi connectivity index (χ0v) is 16.1. The van der Waals surface area contributed by atoms with Gasteiger partial charge in [-0.25, -0.2) is 4.52 Å². The van der Waals surface area contributed by atoms with Crippen molar-refractivity contribution >= 4 is 17.1 Å². The van der Waals surface area contributed by atoms with E-state index in [2.05, 4.69) is 41.0 Å². The summed E-state index contributed by atoms with van der Waals surface area (Å²) >= 11 is 0. The average Bonchev–Trinajstić information content (AvgIpc) is 3.14. The molecule has 2 aromatic heterocycles. The van der Waals surface area contributed by atoms with Crippen molar-refractivity contribution in [2.75, 3.05) is 12.4 Å². The van der Waals surface area contributed by atoms with Gasteiger partial charge in [0.05, 0.1) is 17.3 Å². The molecule has 0 aliphatic heterocycles. The Morgan fingerprint density at radius 3 is 2.46 bits per heavy atom. The molecule has 0 radical (unpaired) electrons. The fourth-order valence-corrected chi connectivity index (χ4v) is 2.44. The molecule has 0 fully saturated rings. The quantitative estimate of drug-likeness (QED) is 0.439. The number of benzene rings is 1. The van der Waals surface area contributed by atoms with Crippen molar-refractivity contribution in [3.05, 3.63) is 91.3 Å². The van der Waals surface area contributed by atoms with E-state index < -0.39 is 0 Å². The summed E-state index contributed by atoms with van der Waals surface area (Å²) < 4.78 is 1.69. The fourth-order valence-electron chi connectivity index (χ4n) is 2.44. The van der Waals surface area contributed by atoms with E-state index in [1.54, 1.807) is 17.8 Å². The number of rotatable bonds is 7. The van der Waals surface area contributed by atoms with Crippen LogP contribution in [0.2, 0.25) is 0 Å². The summed E-state index contributed by atoms with van der Waals surface area (Å²) in [6, 6.07) is 14.0. The third kappa shape index (κ3) is 6.39. The molecule has 3 aromatic rings. The molecule has 0 aliphatic rings. The van der Waals surface area contributed by atoms with E-state index in [0.717, 1.165) is 30.6 Å². The second-order valence-electron chi connectivity index (χ2n) is 5.88.